The van der Waals surface area contributed by atoms with Crippen LogP contribution in [0.1, 0.15) is 36.6 Å². The van der Waals surface area contributed by atoms with E-state index in [2.05, 4.69) is 4.98 Å². The number of aldehydes is 1. The largest absolute Gasteiger partial charge is 0.376 e. The van der Waals surface area contributed by atoms with Gasteiger partial charge in [0.25, 0.3) is 0 Å². The Kier molecular flexibility index (Phi) is 5.30. The molecule has 106 valence electrons. The standard InChI is InChI=1S/C14H22N2O3/c1-5-13-9(2)11(6-15-13)12(7-17)10(3)14(19)16(4)8-18/h6-7,10,12,15,18H,5,8H2,1-4H3. The molecule has 0 spiro atoms. The average molecular weight is 266 g/mol. The second kappa shape index (κ2) is 6.52. The molecule has 2 atom stereocenters. The average Bonchev–Trinajstić information content (AvgIpc) is 2.79. The lowest BCUT2D eigenvalue weighted by molar-refractivity contribution is -0.138. The number of aryl methyl sites for hydroxylation is 1. The van der Waals surface area contributed by atoms with Gasteiger partial charge >= 0.3 is 0 Å². The predicted molar refractivity (Wildman–Crippen MR) is 72.7 cm³/mol. The van der Waals surface area contributed by atoms with Crippen LogP contribution in [-0.2, 0) is 16.0 Å². The number of aliphatic hydroxyl groups excluding tert-OH is 1. The number of nitrogens with zero attached hydrogens (tertiary/aromatic N) is 1. The van der Waals surface area contributed by atoms with Crippen molar-refractivity contribution < 1.29 is 14.7 Å². The summed E-state index contributed by atoms with van der Waals surface area (Å²) in [5, 5.41) is 8.99. The molecule has 0 radical (unpaired) electrons. The van der Waals surface area contributed by atoms with E-state index in [0.29, 0.717) is 0 Å². The molecule has 1 aromatic heterocycles. The van der Waals surface area contributed by atoms with Gasteiger partial charge in [0.2, 0.25) is 5.91 Å². The fraction of sp³-hybridized carbons (Fsp3) is 0.571. The fourth-order valence-electron chi connectivity index (χ4n) is 2.30. The van der Waals surface area contributed by atoms with Gasteiger partial charge in [-0.3, -0.25) is 4.79 Å². The Bertz CT molecular complexity index is 454. The summed E-state index contributed by atoms with van der Waals surface area (Å²) in [5.41, 5.74) is 2.97. The zero-order valence-electron chi connectivity index (χ0n) is 11.9. The van der Waals surface area contributed by atoms with Crippen LogP contribution in [0.25, 0.3) is 0 Å². The number of aromatic amines is 1. The normalized spacial score (nSPS) is 13.9. The summed E-state index contributed by atoms with van der Waals surface area (Å²) in [7, 11) is 1.52. The molecule has 0 aliphatic heterocycles. The molecule has 1 aromatic rings. The molecular formula is C14H22N2O3. The number of amides is 1. The predicted octanol–water partition coefficient (Wildman–Crippen LogP) is 1.21. The Morgan fingerprint density at radius 3 is 2.63 bits per heavy atom. The molecule has 0 bridgehead atoms. The summed E-state index contributed by atoms with van der Waals surface area (Å²) in [4.78, 5) is 27.8. The third kappa shape index (κ3) is 3.04. The van der Waals surface area contributed by atoms with Crippen molar-refractivity contribution in [1.82, 2.24) is 9.88 Å². The van der Waals surface area contributed by atoms with Crippen LogP contribution >= 0.6 is 0 Å². The summed E-state index contributed by atoms with van der Waals surface area (Å²) < 4.78 is 0. The van der Waals surface area contributed by atoms with Gasteiger partial charge in [0, 0.05) is 24.9 Å². The molecule has 19 heavy (non-hydrogen) atoms. The SMILES string of the molecule is CCc1[nH]cc(C(C=O)C(C)C(=O)N(C)CO)c1C. The maximum absolute atomic E-state index is 12.0. The van der Waals surface area contributed by atoms with Crippen molar-refractivity contribution in [3.63, 3.8) is 0 Å². The van der Waals surface area contributed by atoms with Crippen molar-refractivity contribution in [3.05, 3.63) is 23.0 Å². The summed E-state index contributed by atoms with van der Waals surface area (Å²) in [5.74, 6) is -1.22. The second-order valence-corrected chi connectivity index (χ2v) is 4.83. The van der Waals surface area contributed by atoms with Gasteiger partial charge in [-0.25, -0.2) is 0 Å². The first kappa shape index (κ1) is 15.4. The van der Waals surface area contributed by atoms with Gasteiger partial charge in [0.15, 0.2) is 0 Å². The zero-order valence-corrected chi connectivity index (χ0v) is 11.9. The van der Waals surface area contributed by atoms with Crippen LogP contribution in [0.3, 0.4) is 0 Å². The summed E-state index contributed by atoms with van der Waals surface area (Å²) >= 11 is 0. The third-order valence-electron chi connectivity index (χ3n) is 3.66. The topological polar surface area (TPSA) is 73.4 Å². The molecule has 0 fully saturated rings. The number of aliphatic hydroxyl groups is 1. The van der Waals surface area contributed by atoms with Crippen LogP contribution in [-0.4, -0.2) is 41.0 Å². The highest BCUT2D eigenvalue weighted by Gasteiger charge is 2.29. The molecule has 1 rings (SSSR count). The Hall–Kier alpha value is -1.62. The van der Waals surface area contributed by atoms with Crippen molar-refractivity contribution in [3.8, 4) is 0 Å². The van der Waals surface area contributed by atoms with Gasteiger partial charge in [-0.05, 0) is 24.5 Å². The van der Waals surface area contributed by atoms with E-state index in [4.69, 9.17) is 5.11 Å². The number of aromatic nitrogens is 1. The highest BCUT2D eigenvalue weighted by molar-refractivity contribution is 5.83. The molecule has 0 saturated carbocycles. The molecule has 1 heterocycles. The van der Waals surface area contributed by atoms with Crippen LogP contribution in [0.5, 0.6) is 0 Å². The first-order chi connectivity index (χ1) is 8.97. The second-order valence-electron chi connectivity index (χ2n) is 4.83. The quantitative estimate of drug-likeness (QED) is 0.600. The molecule has 0 aliphatic rings. The smallest absolute Gasteiger partial charge is 0.228 e. The van der Waals surface area contributed by atoms with E-state index in [1.54, 1.807) is 13.1 Å². The van der Waals surface area contributed by atoms with Gasteiger partial charge < -0.3 is 19.8 Å². The minimum absolute atomic E-state index is 0.238. The van der Waals surface area contributed by atoms with Gasteiger partial charge in [0.05, 0.1) is 5.92 Å². The van der Waals surface area contributed by atoms with Crippen molar-refractivity contribution in [2.45, 2.75) is 33.1 Å². The summed E-state index contributed by atoms with van der Waals surface area (Å²) in [6, 6.07) is 0. The molecule has 1 amide bonds. The maximum atomic E-state index is 12.0. The zero-order chi connectivity index (χ0) is 14.6. The number of H-pyrrole nitrogens is 1. The number of nitrogens with one attached hydrogen (secondary N) is 1. The lowest BCUT2D eigenvalue weighted by atomic mass is 9.86. The first-order valence-corrected chi connectivity index (χ1v) is 6.45. The van der Waals surface area contributed by atoms with Crippen LogP contribution < -0.4 is 0 Å². The number of hydrogen-bond donors (Lipinski definition) is 2. The van der Waals surface area contributed by atoms with Crippen LogP contribution in [0.4, 0.5) is 0 Å². The van der Waals surface area contributed by atoms with Crippen molar-refractivity contribution >= 4 is 12.2 Å². The van der Waals surface area contributed by atoms with E-state index in [0.717, 1.165) is 29.5 Å². The maximum Gasteiger partial charge on any atom is 0.228 e. The molecule has 2 unspecified atom stereocenters. The number of carbonyl (C=O) groups excluding carboxylic acids is 2. The molecule has 2 N–H and O–H groups in total. The van der Waals surface area contributed by atoms with Gasteiger partial charge in [-0.2, -0.15) is 0 Å². The minimum Gasteiger partial charge on any atom is -0.376 e. The van der Waals surface area contributed by atoms with E-state index in [1.165, 1.54) is 11.9 Å². The van der Waals surface area contributed by atoms with E-state index in [-0.39, 0.29) is 12.6 Å². The fourth-order valence-corrected chi connectivity index (χ4v) is 2.30. The lowest BCUT2D eigenvalue weighted by Crippen LogP contribution is -2.35. The molecular weight excluding hydrogens is 244 g/mol. The highest BCUT2D eigenvalue weighted by atomic mass is 16.3. The van der Waals surface area contributed by atoms with Crippen molar-refractivity contribution in [2.75, 3.05) is 13.8 Å². The molecule has 0 aromatic carbocycles. The highest BCUT2D eigenvalue weighted by Crippen LogP contribution is 2.28. The number of carbonyl (C=O) groups is 2. The van der Waals surface area contributed by atoms with E-state index < -0.39 is 11.8 Å². The van der Waals surface area contributed by atoms with Crippen LogP contribution in [0, 0.1) is 12.8 Å². The third-order valence-corrected chi connectivity index (χ3v) is 3.66. The van der Waals surface area contributed by atoms with E-state index >= 15 is 0 Å². The molecule has 0 saturated heterocycles. The lowest BCUT2D eigenvalue weighted by Gasteiger charge is -2.23. The first-order valence-electron chi connectivity index (χ1n) is 6.45. The van der Waals surface area contributed by atoms with Gasteiger partial charge in [-0.15, -0.1) is 0 Å². The Balaban J connectivity index is 3.03. The Morgan fingerprint density at radius 2 is 2.21 bits per heavy atom. The number of rotatable bonds is 6. The van der Waals surface area contributed by atoms with E-state index in [9.17, 15) is 9.59 Å². The summed E-state index contributed by atoms with van der Waals surface area (Å²) in [6.45, 7) is 5.35. The minimum atomic E-state index is -0.492. The molecule has 0 aliphatic carbocycles. The molecule has 5 nitrogen and oxygen atoms in total. The van der Waals surface area contributed by atoms with Crippen LogP contribution in [0.15, 0.2) is 6.20 Å². The van der Waals surface area contributed by atoms with Crippen molar-refractivity contribution in [1.29, 1.82) is 0 Å². The van der Waals surface area contributed by atoms with Crippen LogP contribution in [0.2, 0.25) is 0 Å². The van der Waals surface area contributed by atoms with E-state index in [1.807, 2.05) is 13.8 Å². The van der Waals surface area contributed by atoms with Crippen molar-refractivity contribution in [2.24, 2.45) is 5.92 Å². The number of hydrogen-bond acceptors (Lipinski definition) is 3. The monoisotopic (exact) mass is 266 g/mol. The van der Waals surface area contributed by atoms with Gasteiger partial charge in [0.1, 0.15) is 13.0 Å². The Labute approximate surface area is 113 Å². The molecule has 5 heteroatoms. The summed E-state index contributed by atoms with van der Waals surface area (Å²) in [6.07, 6.45) is 3.47. The Morgan fingerprint density at radius 1 is 1.58 bits per heavy atom. The van der Waals surface area contributed by atoms with Gasteiger partial charge in [-0.1, -0.05) is 13.8 Å².